The van der Waals surface area contributed by atoms with Crippen molar-refractivity contribution in [3.05, 3.63) is 56.7 Å². The van der Waals surface area contributed by atoms with Gasteiger partial charge >= 0.3 is 12.1 Å². The van der Waals surface area contributed by atoms with E-state index in [1.807, 2.05) is 4.90 Å². The topological polar surface area (TPSA) is 40.5 Å². The molecule has 2 heterocycles. The predicted molar refractivity (Wildman–Crippen MR) is 94.5 cm³/mol. The Bertz CT molecular complexity index is 793. The smallest absolute Gasteiger partial charge is 0.416 e. The molecule has 2 atom stereocenters. The van der Waals surface area contributed by atoms with Gasteiger partial charge in [-0.1, -0.05) is 29.8 Å². The number of benzene rings is 1. The zero-order chi connectivity index (χ0) is 18.9. The van der Waals surface area contributed by atoms with Gasteiger partial charge in [-0.15, -0.1) is 11.3 Å². The minimum absolute atomic E-state index is 0.129. The number of carboxylic acid groups (broad SMARTS) is 1. The summed E-state index contributed by atoms with van der Waals surface area (Å²) in [6.07, 6.45) is -3.33. The molecule has 0 spiro atoms. The molecule has 3 rings (SSSR count). The SMILES string of the molecule is O=C(O)C1CCCN(C(c2ccc(Cl)s2)c2ccccc2C(F)(F)F)C1. The summed E-state index contributed by atoms with van der Waals surface area (Å²) < 4.78 is 41.2. The molecule has 3 nitrogen and oxygen atoms in total. The average molecular weight is 404 g/mol. The Morgan fingerprint density at radius 2 is 2.00 bits per heavy atom. The zero-order valence-corrected chi connectivity index (χ0v) is 15.2. The van der Waals surface area contributed by atoms with E-state index in [9.17, 15) is 23.1 Å². The number of alkyl halides is 3. The summed E-state index contributed by atoms with van der Waals surface area (Å²) in [5.74, 6) is -1.50. The van der Waals surface area contributed by atoms with Crippen molar-refractivity contribution < 1.29 is 23.1 Å². The first kappa shape index (κ1) is 19.2. The van der Waals surface area contributed by atoms with E-state index < -0.39 is 29.7 Å². The van der Waals surface area contributed by atoms with E-state index in [-0.39, 0.29) is 12.1 Å². The third-order valence-corrected chi connectivity index (χ3v) is 5.88. The van der Waals surface area contributed by atoms with E-state index in [2.05, 4.69) is 0 Å². The van der Waals surface area contributed by atoms with Gasteiger partial charge in [0.25, 0.3) is 0 Å². The number of nitrogens with zero attached hydrogens (tertiary/aromatic N) is 1. The molecule has 0 aliphatic carbocycles. The maximum atomic E-state index is 13.6. The number of hydrogen-bond acceptors (Lipinski definition) is 3. The molecular weight excluding hydrogens is 387 g/mol. The van der Waals surface area contributed by atoms with E-state index in [0.29, 0.717) is 28.6 Å². The molecule has 1 saturated heterocycles. The van der Waals surface area contributed by atoms with Gasteiger partial charge in [0.15, 0.2) is 0 Å². The molecule has 1 aromatic heterocycles. The van der Waals surface area contributed by atoms with Crippen LogP contribution in [0.15, 0.2) is 36.4 Å². The summed E-state index contributed by atoms with van der Waals surface area (Å²) in [4.78, 5) is 13.9. The number of aliphatic carboxylic acids is 1. The second-order valence-corrected chi connectivity index (χ2v) is 8.05. The molecule has 2 unspecified atom stereocenters. The van der Waals surface area contributed by atoms with Crippen LogP contribution in [0.5, 0.6) is 0 Å². The lowest BCUT2D eigenvalue weighted by Gasteiger charge is -2.37. The summed E-state index contributed by atoms with van der Waals surface area (Å²) in [7, 11) is 0. The lowest BCUT2D eigenvalue weighted by molar-refractivity contribution is -0.144. The summed E-state index contributed by atoms with van der Waals surface area (Å²) in [5, 5.41) is 9.34. The van der Waals surface area contributed by atoms with Gasteiger partial charge in [0.1, 0.15) is 0 Å². The van der Waals surface area contributed by atoms with Crippen LogP contribution in [0.1, 0.15) is 34.9 Å². The van der Waals surface area contributed by atoms with Gasteiger partial charge in [0, 0.05) is 11.4 Å². The minimum atomic E-state index is -4.49. The summed E-state index contributed by atoms with van der Waals surface area (Å²) in [6.45, 7) is 0.748. The lowest BCUT2D eigenvalue weighted by atomic mass is 9.92. The summed E-state index contributed by atoms with van der Waals surface area (Å²) in [6, 6.07) is 8.17. The van der Waals surface area contributed by atoms with Crippen molar-refractivity contribution in [2.75, 3.05) is 13.1 Å². The van der Waals surface area contributed by atoms with E-state index in [1.165, 1.54) is 23.5 Å². The van der Waals surface area contributed by atoms with Gasteiger partial charge in [-0.3, -0.25) is 9.69 Å². The lowest BCUT2D eigenvalue weighted by Crippen LogP contribution is -2.41. The molecule has 8 heteroatoms. The third kappa shape index (κ3) is 4.05. The Kier molecular flexibility index (Phi) is 5.60. The second kappa shape index (κ2) is 7.58. The maximum Gasteiger partial charge on any atom is 0.416 e. The quantitative estimate of drug-likeness (QED) is 0.752. The number of likely N-dealkylation sites (tertiary alicyclic amines) is 1. The first-order chi connectivity index (χ1) is 12.3. The Morgan fingerprint density at radius 1 is 1.27 bits per heavy atom. The van der Waals surface area contributed by atoms with Crippen molar-refractivity contribution in [1.82, 2.24) is 4.90 Å². The summed E-state index contributed by atoms with van der Waals surface area (Å²) in [5.41, 5.74) is -0.573. The highest BCUT2D eigenvalue weighted by atomic mass is 35.5. The van der Waals surface area contributed by atoms with E-state index in [0.717, 1.165) is 6.07 Å². The highest BCUT2D eigenvalue weighted by Crippen LogP contribution is 2.42. The van der Waals surface area contributed by atoms with Crippen LogP contribution in [0.25, 0.3) is 0 Å². The van der Waals surface area contributed by atoms with E-state index >= 15 is 0 Å². The van der Waals surface area contributed by atoms with Crippen LogP contribution < -0.4 is 0 Å². The minimum Gasteiger partial charge on any atom is -0.481 e. The molecular formula is C18H17ClF3NO2S. The zero-order valence-electron chi connectivity index (χ0n) is 13.7. The fraction of sp³-hybridized carbons (Fsp3) is 0.389. The number of hydrogen-bond donors (Lipinski definition) is 1. The van der Waals surface area contributed by atoms with Crippen LogP contribution in [-0.2, 0) is 11.0 Å². The average Bonchev–Trinajstić information content (AvgIpc) is 3.01. The summed E-state index contributed by atoms with van der Waals surface area (Å²) >= 11 is 7.25. The molecule has 1 aliphatic rings. The number of halogens is 4. The van der Waals surface area contributed by atoms with Gasteiger partial charge in [0.05, 0.1) is 21.9 Å². The molecule has 2 aromatic rings. The molecule has 1 aromatic carbocycles. The van der Waals surface area contributed by atoms with E-state index in [1.54, 1.807) is 18.2 Å². The number of rotatable bonds is 4. The maximum absolute atomic E-state index is 13.6. The molecule has 0 amide bonds. The van der Waals surface area contributed by atoms with Gasteiger partial charge < -0.3 is 5.11 Å². The van der Waals surface area contributed by atoms with Crippen LogP contribution in [0.2, 0.25) is 4.34 Å². The van der Waals surface area contributed by atoms with Crippen molar-refractivity contribution in [2.45, 2.75) is 25.1 Å². The predicted octanol–water partition coefficient (Wildman–Crippen LogP) is 5.31. The molecule has 0 saturated carbocycles. The van der Waals surface area contributed by atoms with Crippen LogP contribution >= 0.6 is 22.9 Å². The van der Waals surface area contributed by atoms with Gasteiger partial charge in [-0.2, -0.15) is 13.2 Å². The largest absolute Gasteiger partial charge is 0.481 e. The monoisotopic (exact) mass is 403 g/mol. The molecule has 1 N–H and O–H groups in total. The normalized spacial score (nSPS) is 20.1. The van der Waals surface area contributed by atoms with Crippen LogP contribution in [-0.4, -0.2) is 29.1 Å². The van der Waals surface area contributed by atoms with Crippen molar-refractivity contribution in [1.29, 1.82) is 0 Å². The van der Waals surface area contributed by atoms with Crippen molar-refractivity contribution >= 4 is 28.9 Å². The Morgan fingerprint density at radius 3 is 2.62 bits per heavy atom. The number of carbonyl (C=O) groups is 1. The van der Waals surface area contributed by atoms with E-state index in [4.69, 9.17) is 11.6 Å². The fourth-order valence-electron chi connectivity index (χ4n) is 3.44. The first-order valence-corrected chi connectivity index (χ1v) is 9.35. The van der Waals surface area contributed by atoms with Crippen LogP contribution in [0, 0.1) is 5.92 Å². The molecule has 140 valence electrons. The molecule has 1 fully saturated rings. The van der Waals surface area contributed by atoms with Crippen molar-refractivity contribution in [3.8, 4) is 0 Å². The molecule has 1 aliphatic heterocycles. The van der Waals surface area contributed by atoms with Crippen LogP contribution in [0.3, 0.4) is 0 Å². The highest BCUT2D eigenvalue weighted by molar-refractivity contribution is 7.16. The van der Waals surface area contributed by atoms with Crippen LogP contribution in [0.4, 0.5) is 13.2 Å². The van der Waals surface area contributed by atoms with Crippen molar-refractivity contribution in [3.63, 3.8) is 0 Å². The highest BCUT2D eigenvalue weighted by Gasteiger charge is 2.39. The van der Waals surface area contributed by atoms with Crippen molar-refractivity contribution in [2.24, 2.45) is 5.92 Å². The second-order valence-electron chi connectivity index (χ2n) is 6.30. The molecule has 0 radical (unpaired) electrons. The molecule has 26 heavy (non-hydrogen) atoms. The van der Waals surface area contributed by atoms with Gasteiger partial charge in [0.2, 0.25) is 0 Å². The first-order valence-electron chi connectivity index (χ1n) is 8.15. The Hall–Kier alpha value is -1.57. The van der Waals surface area contributed by atoms with Gasteiger partial charge in [-0.25, -0.2) is 0 Å². The number of piperidine rings is 1. The fourth-order valence-corrected chi connectivity index (χ4v) is 4.66. The number of thiophene rings is 1. The van der Waals surface area contributed by atoms with Gasteiger partial charge in [-0.05, 0) is 43.1 Å². The Balaban J connectivity index is 2.07. The number of carboxylic acids is 1. The third-order valence-electron chi connectivity index (χ3n) is 4.59. The molecule has 0 bridgehead atoms. The Labute approximate surface area is 158 Å². The standard InChI is InChI=1S/C18H17ClF3NO2S/c19-15-8-7-14(26-15)16(23-9-3-4-11(10-23)17(24)25)12-5-1-2-6-13(12)18(20,21)22/h1-2,5-8,11,16H,3-4,9-10H2,(H,24,25).